The molecule has 1 amide bonds. The van der Waals surface area contributed by atoms with Crippen LogP contribution in [0.2, 0.25) is 5.02 Å². The van der Waals surface area contributed by atoms with Crippen molar-refractivity contribution in [1.82, 2.24) is 0 Å². The Morgan fingerprint density at radius 3 is 2.48 bits per heavy atom. The van der Waals surface area contributed by atoms with Crippen molar-refractivity contribution in [3.8, 4) is 0 Å². The fourth-order valence-electron chi connectivity index (χ4n) is 1.73. The largest absolute Gasteiger partial charge is 0.321 e. The van der Waals surface area contributed by atoms with Gasteiger partial charge in [-0.05, 0) is 24.3 Å². The first-order valence-corrected chi connectivity index (χ1v) is 7.99. The zero-order valence-corrected chi connectivity index (χ0v) is 13.0. The summed E-state index contributed by atoms with van der Waals surface area (Å²) >= 11 is 5.87. The lowest BCUT2D eigenvalue weighted by Crippen LogP contribution is -2.15. The standard InChI is InChI=1S/C13H10ClN3O5S/c14-11-7-9(17(19)20)4-5-12(11)16-13(18)8-2-1-3-10(6-8)23(15,21)22/h1-7H,(H,16,18)(H2,15,21,22). The van der Waals surface area contributed by atoms with E-state index in [1.807, 2.05) is 0 Å². The van der Waals surface area contributed by atoms with E-state index in [2.05, 4.69) is 5.32 Å². The SMILES string of the molecule is NS(=O)(=O)c1cccc(C(=O)Nc2ccc([N+](=O)[O-])cc2Cl)c1. The zero-order chi connectivity index (χ0) is 17.2. The van der Waals surface area contributed by atoms with Crippen LogP contribution in [0.4, 0.5) is 11.4 Å². The molecule has 0 aliphatic heterocycles. The number of primary sulfonamides is 1. The number of sulfonamides is 1. The minimum absolute atomic E-state index is 0.0184. The molecule has 120 valence electrons. The van der Waals surface area contributed by atoms with Crippen LogP contribution in [-0.4, -0.2) is 19.2 Å². The van der Waals surface area contributed by atoms with E-state index in [9.17, 15) is 23.3 Å². The number of hydrogen-bond donors (Lipinski definition) is 2. The first-order valence-electron chi connectivity index (χ1n) is 6.06. The summed E-state index contributed by atoms with van der Waals surface area (Å²) in [5, 5.41) is 18.1. The Hall–Kier alpha value is -2.49. The van der Waals surface area contributed by atoms with Crippen LogP contribution in [0.1, 0.15) is 10.4 Å². The molecule has 0 aliphatic rings. The maximum Gasteiger partial charge on any atom is 0.271 e. The van der Waals surface area contributed by atoms with E-state index in [-0.39, 0.29) is 26.9 Å². The molecule has 0 atom stereocenters. The molecule has 0 radical (unpaired) electrons. The summed E-state index contributed by atoms with van der Waals surface area (Å²) in [6, 6.07) is 8.69. The molecule has 8 nitrogen and oxygen atoms in total. The van der Waals surface area contributed by atoms with Gasteiger partial charge in [0.1, 0.15) is 0 Å². The summed E-state index contributed by atoms with van der Waals surface area (Å²) < 4.78 is 22.6. The Morgan fingerprint density at radius 2 is 1.91 bits per heavy atom. The third kappa shape index (κ3) is 4.03. The van der Waals surface area contributed by atoms with Gasteiger partial charge in [0.2, 0.25) is 10.0 Å². The summed E-state index contributed by atoms with van der Waals surface area (Å²) in [7, 11) is -3.94. The molecule has 0 aromatic heterocycles. The van der Waals surface area contributed by atoms with Crippen molar-refractivity contribution in [1.29, 1.82) is 0 Å². The second-order valence-electron chi connectivity index (χ2n) is 4.45. The van der Waals surface area contributed by atoms with Gasteiger partial charge in [-0.25, -0.2) is 13.6 Å². The van der Waals surface area contributed by atoms with Gasteiger partial charge in [-0.2, -0.15) is 0 Å². The molecule has 2 aromatic rings. The summed E-state index contributed by atoms with van der Waals surface area (Å²) in [5.74, 6) is -0.633. The highest BCUT2D eigenvalue weighted by Crippen LogP contribution is 2.27. The fraction of sp³-hybridized carbons (Fsp3) is 0. The molecule has 0 heterocycles. The number of amides is 1. The molecule has 3 N–H and O–H groups in total. The Morgan fingerprint density at radius 1 is 1.22 bits per heavy atom. The van der Waals surface area contributed by atoms with Gasteiger partial charge in [-0.15, -0.1) is 0 Å². The molecule has 0 spiro atoms. The number of rotatable bonds is 4. The molecule has 0 aliphatic carbocycles. The summed E-state index contributed by atoms with van der Waals surface area (Å²) in [6.07, 6.45) is 0. The van der Waals surface area contributed by atoms with Crippen LogP contribution >= 0.6 is 11.6 Å². The highest BCUT2D eigenvalue weighted by molar-refractivity contribution is 7.89. The number of nitro benzene ring substituents is 1. The second kappa shape index (κ2) is 6.32. The lowest BCUT2D eigenvalue weighted by Gasteiger charge is -2.08. The van der Waals surface area contributed by atoms with Crippen LogP contribution < -0.4 is 10.5 Å². The van der Waals surface area contributed by atoms with Crippen molar-refractivity contribution in [2.24, 2.45) is 5.14 Å². The number of non-ortho nitro benzene ring substituents is 1. The number of carbonyl (C=O) groups excluding carboxylic acids is 1. The highest BCUT2D eigenvalue weighted by atomic mass is 35.5. The molecule has 0 fully saturated rings. The minimum atomic E-state index is -3.94. The third-order valence-corrected chi connectivity index (χ3v) is 4.06. The Kier molecular flexibility index (Phi) is 4.64. The quantitative estimate of drug-likeness (QED) is 0.640. The first kappa shape index (κ1) is 16.9. The normalized spacial score (nSPS) is 11.0. The number of carbonyl (C=O) groups is 1. The Balaban J connectivity index is 2.28. The monoisotopic (exact) mass is 355 g/mol. The van der Waals surface area contributed by atoms with Crippen LogP contribution in [0.25, 0.3) is 0 Å². The minimum Gasteiger partial charge on any atom is -0.321 e. The van der Waals surface area contributed by atoms with E-state index in [1.165, 1.54) is 30.3 Å². The summed E-state index contributed by atoms with van der Waals surface area (Å²) in [6.45, 7) is 0. The molecular formula is C13H10ClN3O5S. The van der Waals surface area contributed by atoms with Crippen molar-refractivity contribution in [2.75, 3.05) is 5.32 Å². The van der Waals surface area contributed by atoms with Crippen LogP contribution in [0, 0.1) is 10.1 Å². The van der Waals surface area contributed by atoms with E-state index in [1.54, 1.807) is 0 Å². The van der Waals surface area contributed by atoms with Crippen molar-refractivity contribution in [3.63, 3.8) is 0 Å². The van der Waals surface area contributed by atoms with Gasteiger partial charge in [0.05, 0.1) is 20.5 Å². The van der Waals surface area contributed by atoms with Gasteiger partial charge < -0.3 is 5.32 Å². The maximum absolute atomic E-state index is 12.1. The van der Waals surface area contributed by atoms with E-state index in [4.69, 9.17) is 16.7 Å². The smallest absolute Gasteiger partial charge is 0.271 e. The molecule has 23 heavy (non-hydrogen) atoms. The Labute approximate surface area is 136 Å². The number of benzene rings is 2. The van der Waals surface area contributed by atoms with Crippen molar-refractivity contribution in [2.45, 2.75) is 4.90 Å². The molecule has 0 unspecified atom stereocenters. The van der Waals surface area contributed by atoms with Gasteiger partial charge in [0.25, 0.3) is 11.6 Å². The second-order valence-corrected chi connectivity index (χ2v) is 6.42. The van der Waals surface area contributed by atoms with Crippen molar-refractivity contribution >= 4 is 38.9 Å². The number of hydrogen-bond acceptors (Lipinski definition) is 5. The zero-order valence-electron chi connectivity index (χ0n) is 11.4. The van der Waals surface area contributed by atoms with Gasteiger partial charge in [0, 0.05) is 17.7 Å². The molecule has 0 saturated carbocycles. The number of nitrogens with one attached hydrogen (secondary N) is 1. The third-order valence-electron chi connectivity index (χ3n) is 2.84. The van der Waals surface area contributed by atoms with Gasteiger partial charge >= 0.3 is 0 Å². The summed E-state index contributed by atoms with van der Waals surface area (Å²) in [4.78, 5) is 21.9. The predicted octanol–water partition coefficient (Wildman–Crippen LogP) is 2.15. The molecule has 10 heteroatoms. The van der Waals surface area contributed by atoms with E-state index in [0.29, 0.717) is 0 Å². The van der Waals surface area contributed by atoms with Gasteiger partial charge in [0.15, 0.2) is 0 Å². The molecule has 0 bridgehead atoms. The molecule has 2 aromatic carbocycles. The molecular weight excluding hydrogens is 346 g/mol. The van der Waals surface area contributed by atoms with Gasteiger partial charge in [-0.1, -0.05) is 17.7 Å². The number of nitro groups is 1. The number of nitrogens with zero attached hydrogens (tertiary/aromatic N) is 1. The average Bonchev–Trinajstić information content (AvgIpc) is 2.48. The van der Waals surface area contributed by atoms with Crippen molar-refractivity contribution in [3.05, 3.63) is 63.2 Å². The highest BCUT2D eigenvalue weighted by Gasteiger charge is 2.15. The van der Waals surface area contributed by atoms with Crippen LogP contribution in [0.5, 0.6) is 0 Å². The van der Waals surface area contributed by atoms with E-state index >= 15 is 0 Å². The van der Waals surface area contributed by atoms with Crippen LogP contribution in [-0.2, 0) is 10.0 Å². The summed E-state index contributed by atoms with van der Waals surface area (Å²) in [5.41, 5.74) is -0.0153. The number of halogens is 1. The molecule has 0 saturated heterocycles. The van der Waals surface area contributed by atoms with Gasteiger partial charge in [-0.3, -0.25) is 14.9 Å². The maximum atomic E-state index is 12.1. The topological polar surface area (TPSA) is 132 Å². The van der Waals surface area contributed by atoms with Crippen LogP contribution in [0.15, 0.2) is 47.4 Å². The molecule has 2 rings (SSSR count). The van der Waals surface area contributed by atoms with Crippen molar-refractivity contribution < 1.29 is 18.1 Å². The lowest BCUT2D eigenvalue weighted by molar-refractivity contribution is -0.384. The van der Waals surface area contributed by atoms with E-state index in [0.717, 1.165) is 12.1 Å². The number of anilines is 1. The predicted molar refractivity (Wildman–Crippen MR) is 83.9 cm³/mol. The fourth-order valence-corrected chi connectivity index (χ4v) is 2.51. The first-order chi connectivity index (χ1) is 10.7. The number of nitrogens with two attached hydrogens (primary N) is 1. The average molecular weight is 356 g/mol. The Bertz CT molecular complexity index is 898. The van der Waals surface area contributed by atoms with E-state index < -0.39 is 20.9 Å². The lowest BCUT2D eigenvalue weighted by atomic mass is 10.2. The van der Waals surface area contributed by atoms with Crippen LogP contribution in [0.3, 0.4) is 0 Å².